The van der Waals surface area contributed by atoms with Crippen LogP contribution in [0, 0.1) is 19.8 Å². The van der Waals surface area contributed by atoms with Gasteiger partial charge >= 0.3 is 5.97 Å². The first-order valence-electron chi connectivity index (χ1n) is 8.45. The van der Waals surface area contributed by atoms with Gasteiger partial charge in [-0.25, -0.2) is 14.8 Å². The number of halogens is 2. The minimum Gasteiger partial charge on any atom is -0.462 e. The molecule has 1 unspecified atom stereocenters. The highest BCUT2D eigenvalue weighted by atomic mass is 35.5. The minimum absolute atomic E-state index is 0.00451. The first-order chi connectivity index (χ1) is 12.8. The lowest BCUT2D eigenvalue weighted by Gasteiger charge is -2.06. The van der Waals surface area contributed by atoms with E-state index in [2.05, 4.69) is 9.97 Å². The molecule has 2 heterocycles. The first-order valence-corrected chi connectivity index (χ1v) is 10.0. The Kier molecular flexibility index (Phi) is 4.53. The zero-order valence-corrected chi connectivity index (χ0v) is 17.1. The second-order valence-corrected chi connectivity index (χ2v) is 9.48. The number of fused-ring (bicyclic) bond motifs is 1. The van der Waals surface area contributed by atoms with E-state index in [4.69, 9.17) is 33.7 Å². The van der Waals surface area contributed by atoms with Crippen LogP contribution in [-0.4, -0.2) is 26.9 Å². The predicted molar refractivity (Wildman–Crippen MR) is 110 cm³/mol. The molecule has 1 saturated carbocycles. The maximum Gasteiger partial charge on any atom is 0.338 e. The van der Waals surface area contributed by atoms with Crippen LogP contribution < -0.4 is 5.73 Å². The van der Waals surface area contributed by atoms with E-state index in [9.17, 15) is 4.79 Å². The highest BCUT2D eigenvalue weighted by Crippen LogP contribution is 2.53. The SMILES string of the molecule is Cc1sc2nc(-c3ccc(C(=O)OCC4CC4(Cl)Cl)cc3)nc(N)c2c1C. The minimum atomic E-state index is -0.751. The Labute approximate surface area is 170 Å². The third-order valence-electron chi connectivity index (χ3n) is 4.81. The van der Waals surface area contributed by atoms with Crippen LogP contribution in [-0.2, 0) is 4.74 Å². The summed E-state index contributed by atoms with van der Waals surface area (Å²) >= 11 is 13.5. The van der Waals surface area contributed by atoms with Gasteiger partial charge in [0.05, 0.1) is 17.6 Å². The van der Waals surface area contributed by atoms with E-state index in [1.165, 1.54) is 4.88 Å². The van der Waals surface area contributed by atoms with Crippen LogP contribution in [0.2, 0.25) is 0 Å². The molecule has 1 aliphatic rings. The number of alkyl halides is 2. The van der Waals surface area contributed by atoms with E-state index < -0.39 is 10.3 Å². The largest absolute Gasteiger partial charge is 0.462 e. The standard InChI is InChI=1S/C19H17Cl2N3O2S/c1-9-10(2)27-17-14(9)15(22)23-16(24-17)11-3-5-12(6-4-11)18(25)26-8-13-7-19(13,20)21/h3-6,13H,7-8H2,1-2H3,(H2,22,23,24). The molecule has 0 bridgehead atoms. The number of carbonyl (C=O) groups excluding carboxylic acids is 1. The number of nitrogen functional groups attached to an aromatic ring is 1. The van der Waals surface area contributed by atoms with Crippen LogP contribution in [0.3, 0.4) is 0 Å². The number of thiophene rings is 1. The van der Waals surface area contributed by atoms with Gasteiger partial charge in [0.2, 0.25) is 0 Å². The van der Waals surface area contributed by atoms with Gasteiger partial charge in [0, 0.05) is 16.4 Å². The van der Waals surface area contributed by atoms with Crippen molar-refractivity contribution in [2.24, 2.45) is 5.92 Å². The Hall–Kier alpha value is -1.89. The molecule has 0 aliphatic heterocycles. The average molecular weight is 422 g/mol. The number of nitrogens with two attached hydrogens (primary N) is 1. The molecule has 2 aromatic heterocycles. The van der Waals surface area contributed by atoms with Gasteiger partial charge in [-0.05, 0) is 38.0 Å². The molecule has 0 radical (unpaired) electrons. The summed E-state index contributed by atoms with van der Waals surface area (Å²) < 4.78 is 4.52. The zero-order chi connectivity index (χ0) is 19.3. The third-order valence-corrected chi connectivity index (χ3v) is 6.83. The summed E-state index contributed by atoms with van der Waals surface area (Å²) in [6.07, 6.45) is 0.644. The molecule has 3 aromatic rings. The van der Waals surface area contributed by atoms with Crippen LogP contribution in [0.15, 0.2) is 24.3 Å². The van der Waals surface area contributed by atoms with Crippen LogP contribution in [0.4, 0.5) is 5.82 Å². The van der Waals surface area contributed by atoms with Crippen molar-refractivity contribution in [2.45, 2.75) is 24.6 Å². The Morgan fingerprint density at radius 1 is 1.30 bits per heavy atom. The van der Waals surface area contributed by atoms with E-state index >= 15 is 0 Å². The quantitative estimate of drug-likeness (QED) is 0.478. The molecule has 1 aliphatic carbocycles. The Balaban J connectivity index is 1.53. The second kappa shape index (κ2) is 6.62. The Morgan fingerprint density at radius 2 is 1.96 bits per heavy atom. The summed E-state index contributed by atoms with van der Waals surface area (Å²) in [7, 11) is 0. The van der Waals surface area contributed by atoms with Crippen molar-refractivity contribution in [3.63, 3.8) is 0 Å². The topological polar surface area (TPSA) is 78.1 Å². The van der Waals surface area contributed by atoms with Gasteiger partial charge in [0.1, 0.15) is 15.0 Å². The van der Waals surface area contributed by atoms with Crippen LogP contribution in [0.25, 0.3) is 21.6 Å². The van der Waals surface area contributed by atoms with Gasteiger partial charge in [-0.3, -0.25) is 0 Å². The molecule has 0 spiro atoms. The van der Waals surface area contributed by atoms with E-state index in [-0.39, 0.29) is 12.5 Å². The maximum atomic E-state index is 12.1. The number of carbonyl (C=O) groups is 1. The van der Waals surface area contributed by atoms with E-state index in [0.29, 0.717) is 23.6 Å². The molecular formula is C19H17Cl2N3O2S. The lowest BCUT2D eigenvalue weighted by molar-refractivity contribution is 0.0485. The number of hydrogen-bond donors (Lipinski definition) is 1. The van der Waals surface area contributed by atoms with E-state index in [1.54, 1.807) is 35.6 Å². The predicted octanol–water partition coefficient (Wildman–Crippen LogP) is 4.91. The number of nitrogens with zero attached hydrogens (tertiary/aromatic N) is 2. The molecular weight excluding hydrogens is 405 g/mol. The van der Waals surface area contributed by atoms with Crippen molar-refractivity contribution < 1.29 is 9.53 Å². The monoisotopic (exact) mass is 421 g/mol. The second-order valence-electron chi connectivity index (χ2n) is 6.73. The lowest BCUT2D eigenvalue weighted by atomic mass is 10.1. The number of anilines is 1. The van der Waals surface area contributed by atoms with Crippen molar-refractivity contribution in [3.05, 3.63) is 40.3 Å². The molecule has 27 heavy (non-hydrogen) atoms. The number of hydrogen-bond acceptors (Lipinski definition) is 6. The summed E-state index contributed by atoms with van der Waals surface area (Å²) in [5.74, 6) is 0.603. The van der Waals surface area contributed by atoms with E-state index in [1.807, 2.05) is 13.8 Å². The van der Waals surface area contributed by atoms with Crippen molar-refractivity contribution in [3.8, 4) is 11.4 Å². The van der Waals surface area contributed by atoms with Crippen molar-refractivity contribution in [2.75, 3.05) is 12.3 Å². The average Bonchev–Trinajstić information content (AvgIpc) is 3.14. The van der Waals surface area contributed by atoms with Crippen LogP contribution >= 0.6 is 34.5 Å². The lowest BCUT2D eigenvalue weighted by Crippen LogP contribution is -2.09. The molecule has 0 amide bonds. The first kappa shape index (κ1) is 18.5. The summed E-state index contributed by atoms with van der Waals surface area (Å²) in [5.41, 5.74) is 8.49. The Morgan fingerprint density at radius 3 is 2.59 bits per heavy atom. The fraction of sp³-hybridized carbons (Fsp3) is 0.316. The van der Waals surface area contributed by atoms with Gasteiger partial charge in [-0.1, -0.05) is 12.1 Å². The number of benzene rings is 1. The van der Waals surface area contributed by atoms with Gasteiger partial charge in [0.25, 0.3) is 0 Å². The van der Waals surface area contributed by atoms with Gasteiger partial charge in [-0.15, -0.1) is 34.5 Å². The number of esters is 1. The zero-order valence-electron chi connectivity index (χ0n) is 14.8. The number of ether oxygens (including phenoxy) is 1. The molecule has 140 valence electrons. The van der Waals surface area contributed by atoms with Crippen LogP contribution in [0.1, 0.15) is 27.2 Å². The summed E-state index contributed by atoms with van der Waals surface area (Å²) in [4.78, 5) is 23.2. The van der Waals surface area contributed by atoms with Crippen molar-refractivity contribution >= 4 is 56.5 Å². The van der Waals surface area contributed by atoms with Gasteiger partial charge in [0.15, 0.2) is 5.82 Å². The van der Waals surface area contributed by atoms with Crippen molar-refractivity contribution in [1.82, 2.24) is 9.97 Å². The number of aromatic nitrogens is 2. The van der Waals surface area contributed by atoms with E-state index in [0.717, 1.165) is 21.3 Å². The molecule has 1 fully saturated rings. The molecule has 4 rings (SSSR count). The Bertz CT molecular complexity index is 1050. The van der Waals surface area contributed by atoms with Crippen LogP contribution in [0.5, 0.6) is 0 Å². The fourth-order valence-electron chi connectivity index (χ4n) is 2.88. The van der Waals surface area contributed by atoms with Gasteiger partial charge < -0.3 is 10.5 Å². The highest BCUT2D eigenvalue weighted by molar-refractivity contribution is 7.18. The normalized spacial score (nSPS) is 17.9. The summed E-state index contributed by atoms with van der Waals surface area (Å²) in [6.45, 7) is 4.29. The molecule has 0 saturated heterocycles. The third kappa shape index (κ3) is 3.49. The smallest absolute Gasteiger partial charge is 0.338 e. The summed E-state index contributed by atoms with van der Waals surface area (Å²) in [5, 5.41) is 0.913. The summed E-state index contributed by atoms with van der Waals surface area (Å²) in [6, 6.07) is 6.95. The molecule has 8 heteroatoms. The number of aryl methyl sites for hydroxylation is 2. The molecule has 1 atom stereocenters. The maximum absolute atomic E-state index is 12.1. The molecule has 1 aromatic carbocycles. The van der Waals surface area contributed by atoms with Gasteiger partial charge in [-0.2, -0.15) is 0 Å². The molecule has 2 N–H and O–H groups in total. The number of rotatable bonds is 4. The highest BCUT2D eigenvalue weighted by Gasteiger charge is 2.52. The van der Waals surface area contributed by atoms with Crippen molar-refractivity contribution in [1.29, 1.82) is 0 Å². The molecule has 5 nitrogen and oxygen atoms in total. The fourth-order valence-corrected chi connectivity index (χ4v) is 4.41.